The van der Waals surface area contributed by atoms with E-state index in [4.69, 9.17) is 0 Å². The highest BCUT2D eigenvalue weighted by molar-refractivity contribution is 9.14. The van der Waals surface area contributed by atoms with Gasteiger partial charge in [-0.3, -0.25) is 4.79 Å². The molecule has 0 N–H and O–H groups in total. The van der Waals surface area contributed by atoms with Crippen LogP contribution in [0.2, 0.25) is 0 Å². The molecule has 0 unspecified atom stereocenters. The zero-order chi connectivity index (χ0) is 16.1. The quantitative estimate of drug-likeness (QED) is 0.171. The zero-order valence-electron chi connectivity index (χ0n) is 11.2. The van der Waals surface area contributed by atoms with Crippen molar-refractivity contribution in [3.63, 3.8) is 0 Å². The van der Waals surface area contributed by atoms with Gasteiger partial charge in [0.1, 0.15) is 0 Å². The number of allylic oxidation sites excluding steroid dienone is 3. The van der Waals surface area contributed by atoms with E-state index in [1.165, 1.54) is 0 Å². The van der Waals surface area contributed by atoms with E-state index in [2.05, 4.69) is 63.7 Å². The van der Waals surface area contributed by atoms with Crippen LogP contribution in [0.5, 0.6) is 0 Å². The summed E-state index contributed by atoms with van der Waals surface area (Å²) in [4.78, 5) is 12.5. The Morgan fingerprint density at radius 2 is 1.59 bits per heavy atom. The maximum atomic E-state index is 12.5. The third-order valence-electron chi connectivity index (χ3n) is 2.83. The van der Waals surface area contributed by atoms with Crippen molar-refractivity contribution in [2.75, 3.05) is 0 Å². The second kappa shape index (κ2) is 8.39. The maximum absolute atomic E-state index is 12.5. The third-order valence-corrected chi connectivity index (χ3v) is 6.82. The molecule has 2 aromatic carbocycles. The molecule has 0 amide bonds. The molecule has 0 atom stereocenters. The second-order valence-electron chi connectivity index (χ2n) is 4.34. The summed E-state index contributed by atoms with van der Waals surface area (Å²) in [5.74, 6) is -0.0854. The summed E-state index contributed by atoms with van der Waals surface area (Å²) in [5, 5.41) is 0. The Morgan fingerprint density at radius 1 is 0.909 bits per heavy atom. The SMILES string of the molecule is O=C(C(Br)=CC=Cc1ccccc1)c1ccc(Br)c(Br)c1Br. The van der Waals surface area contributed by atoms with E-state index in [0.717, 1.165) is 19.0 Å². The van der Waals surface area contributed by atoms with Crippen molar-refractivity contribution in [3.8, 4) is 0 Å². The number of benzene rings is 2. The van der Waals surface area contributed by atoms with Gasteiger partial charge in [-0.15, -0.1) is 0 Å². The minimum absolute atomic E-state index is 0.0854. The molecule has 112 valence electrons. The summed E-state index contributed by atoms with van der Waals surface area (Å²) < 4.78 is 2.93. The number of rotatable bonds is 4. The molecular weight excluding hydrogens is 540 g/mol. The van der Waals surface area contributed by atoms with Gasteiger partial charge in [0.2, 0.25) is 5.78 Å². The van der Waals surface area contributed by atoms with Gasteiger partial charge in [0.15, 0.2) is 0 Å². The molecular formula is C17H10Br4O. The van der Waals surface area contributed by atoms with E-state index < -0.39 is 0 Å². The van der Waals surface area contributed by atoms with Crippen LogP contribution in [-0.2, 0) is 0 Å². The van der Waals surface area contributed by atoms with Crippen molar-refractivity contribution in [1.82, 2.24) is 0 Å². The lowest BCUT2D eigenvalue weighted by Crippen LogP contribution is -2.00. The average molecular weight is 550 g/mol. The van der Waals surface area contributed by atoms with Crippen molar-refractivity contribution in [1.29, 1.82) is 0 Å². The van der Waals surface area contributed by atoms with Gasteiger partial charge < -0.3 is 0 Å². The van der Waals surface area contributed by atoms with E-state index in [-0.39, 0.29) is 5.78 Å². The highest BCUT2D eigenvalue weighted by atomic mass is 79.9. The summed E-state index contributed by atoms with van der Waals surface area (Å²) in [6.07, 6.45) is 5.54. The number of Topliss-reactive ketones (excluding diaryl/α,β-unsaturated/α-hetero) is 1. The van der Waals surface area contributed by atoms with E-state index in [0.29, 0.717) is 10.0 Å². The number of ketones is 1. The summed E-state index contributed by atoms with van der Waals surface area (Å²) in [5.41, 5.74) is 1.67. The predicted molar refractivity (Wildman–Crippen MR) is 106 cm³/mol. The van der Waals surface area contributed by atoms with Crippen molar-refractivity contribution in [2.45, 2.75) is 0 Å². The van der Waals surface area contributed by atoms with E-state index in [1.54, 1.807) is 12.1 Å². The van der Waals surface area contributed by atoms with Gasteiger partial charge in [0.05, 0.1) is 4.48 Å². The van der Waals surface area contributed by atoms with Crippen molar-refractivity contribution in [3.05, 3.63) is 83.6 Å². The topological polar surface area (TPSA) is 17.1 Å². The molecule has 0 spiro atoms. The Kier molecular flexibility index (Phi) is 6.81. The molecule has 0 aromatic heterocycles. The molecule has 0 bridgehead atoms. The molecule has 0 aliphatic carbocycles. The summed E-state index contributed by atoms with van der Waals surface area (Å²) in [6, 6.07) is 13.5. The maximum Gasteiger partial charge on any atom is 0.201 e. The minimum atomic E-state index is -0.0854. The van der Waals surface area contributed by atoms with Gasteiger partial charge in [-0.1, -0.05) is 42.5 Å². The van der Waals surface area contributed by atoms with Crippen molar-refractivity contribution in [2.24, 2.45) is 0 Å². The molecule has 0 saturated carbocycles. The highest BCUT2D eigenvalue weighted by Gasteiger charge is 2.16. The number of carbonyl (C=O) groups is 1. The smallest absolute Gasteiger partial charge is 0.201 e. The van der Waals surface area contributed by atoms with E-state index in [1.807, 2.05) is 48.6 Å². The number of hydrogen-bond donors (Lipinski definition) is 0. The van der Waals surface area contributed by atoms with Gasteiger partial charge in [-0.05, 0) is 87.5 Å². The van der Waals surface area contributed by atoms with Crippen LogP contribution in [0.4, 0.5) is 0 Å². The number of hydrogen-bond acceptors (Lipinski definition) is 1. The lowest BCUT2D eigenvalue weighted by atomic mass is 10.1. The number of carbonyl (C=O) groups excluding carboxylic acids is 1. The van der Waals surface area contributed by atoms with Gasteiger partial charge in [-0.25, -0.2) is 0 Å². The Morgan fingerprint density at radius 3 is 2.27 bits per heavy atom. The molecule has 0 radical (unpaired) electrons. The van der Waals surface area contributed by atoms with Crippen LogP contribution in [0.25, 0.3) is 6.08 Å². The third kappa shape index (κ3) is 4.51. The van der Waals surface area contributed by atoms with Crippen molar-refractivity contribution >= 4 is 75.6 Å². The lowest BCUT2D eigenvalue weighted by molar-refractivity contribution is 0.104. The molecule has 5 heteroatoms. The molecule has 0 saturated heterocycles. The first kappa shape index (κ1) is 17.9. The van der Waals surface area contributed by atoms with Crippen LogP contribution in [0.1, 0.15) is 15.9 Å². The second-order valence-corrected chi connectivity index (χ2v) is 7.63. The van der Waals surface area contributed by atoms with Crippen molar-refractivity contribution < 1.29 is 4.79 Å². The Hall–Kier alpha value is -0.490. The van der Waals surface area contributed by atoms with Crippen LogP contribution >= 0.6 is 63.7 Å². The Bertz CT molecular complexity index is 749. The molecule has 0 aliphatic heterocycles. The van der Waals surface area contributed by atoms with Gasteiger partial charge in [0.25, 0.3) is 0 Å². The standard InChI is InChI=1S/C17H10Br4O/c18-13-10-9-12(15(20)16(13)21)17(22)14(19)8-4-7-11-5-2-1-3-6-11/h1-10H. The summed E-state index contributed by atoms with van der Waals surface area (Å²) in [6.45, 7) is 0. The first-order valence-corrected chi connectivity index (χ1v) is 9.45. The minimum Gasteiger partial charge on any atom is -0.288 e. The van der Waals surface area contributed by atoms with Gasteiger partial charge in [-0.2, -0.15) is 0 Å². The monoisotopic (exact) mass is 546 g/mol. The van der Waals surface area contributed by atoms with E-state index in [9.17, 15) is 4.79 Å². The fraction of sp³-hybridized carbons (Fsp3) is 0. The Balaban J connectivity index is 2.21. The van der Waals surface area contributed by atoms with Gasteiger partial charge >= 0.3 is 0 Å². The molecule has 0 fully saturated rings. The molecule has 0 aliphatic rings. The normalized spacial score (nSPS) is 11.9. The largest absolute Gasteiger partial charge is 0.288 e. The van der Waals surface area contributed by atoms with Crippen LogP contribution in [-0.4, -0.2) is 5.78 Å². The average Bonchev–Trinajstić information content (AvgIpc) is 2.53. The fourth-order valence-corrected chi connectivity index (χ4v) is 3.55. The molecule has 1 nitrogen and oxygen atoms in total. The van der Waals surface area contributed by atoms with Crippen LogP contribution in [0, 0.1) is 0 Å². The van der Waals surface area contributed by atoms with E-state index >= 15 is 0 Å². The zero-order valence-corrected chi connectivity index (χ0v) is 17.5. The molecule has 22 heavy (non-hydrogen) atoms. The molecule has 0 heterocycles. The van der Waals surface area contributed by atoms with Gasteiger partial charge in [0, 0.05) is 19.0 Å². The first-order chi connectivity index (χ1) is 10.5. The van der Waals surface area contributed by atoms with Crippen LogP contribution in [0.3, 0.4) is 0 Å². The van der Waals surface area contributed by atoms with Crippen LogP contribution < -0.4 is 0 Å². The number of halogens is 4. The highest BCUT2D eigenvalue weighted by Crippen LogP contribution is 2.35. The fourth-order valence-electron chi connectivity index (χ4n) is 1.71. The predicted octanol–water partition coefficient (Wildman–Crippen LogP) is 7.15. The molecule has 2 aromatic rings. The summed E-state index contributed by atoms with van der Waals surface area (Å²) in [7, 11) is 0. The Labute approximate surface area is 163 Å². The lowest BCUT2D eigenvalue weighted by Gasteiger charge is -2.06. The molecule has 2 rings (SSSR count). The summed E-state index contributed by atoms with van der Waals surface area (Å²) >= 11 is 13.6. The van der Waals surface area contributed by atoms with Crippen LogP contribution in [0.15, 0.2) is 72.5 Å². The first-order valence-electron chi connectivity index (χ1n) is 6.28.